The summed E-state index contributed by atoms with van der Waals surface area (Å²) in [6, 6.07) is 8.26. The van der Waals surface area contributed by atoms with Crippen molar-refractivity contribution >= 4 is 0 Å². The zero-order chi connectivity index (χ0) is 13.7. The van der Waals surface area contributed by atoms with E-state index in [2.05, 4.69) is 11.0 Å². The van der Waals surface area contributed by atoms with Gasteiger partial charge in [0.25, 0.3) is 0 Å². The minimum absolute atomic E-state index is 0.150. The van der Waals surface area contributed by atoms with Crippen molar-refractivity contribution in [1.29, 1.82) is 0 Å². The average molecular weight is 265 g/mol. The molecular weight excluding hydrogens is 242 g/mol. The van der Waals surface area contributed by atoms with Crippen LogP contribution in [0.2, 0.25) is 0 Å². The Labute approximate surface area is 114 Å². The van der Waals surface area contributed by atoms with Crippen LogP contribution in [0.1, 0.15) is 25.5 Å². The summed E-state index contributed by atoms with van der Waals surface area (Å²) in [5.74, 6) is 0.913. The molecule has 1 aliphatic heterocycles. The predicted molar refractivity (Wildman–Crippen MR) is 74.4 cm³/mol. The Balaban J connectivity index is 2.22. The Hall–Kier alpha value is -1.10. The van der Waals surface area contributed by atoms with Gasteiger partial charge in [-0.25, -0.2) is 0 Å². The summed E-state index contributed by atoms with van der Waals surface area (Å²) in [6.07, 6.45) is 0.150. The first-order chi connectivity index (χ1) is 9.22. The van der Waals surface area contributed by atoms with Crippen LogP contribution in [0, 0.1) is 0 Å². The summed E-state index contributed by atoms with van der Waals surface area (Å²) in [7, 11) is 0. The zero-order valence-electron chi connectivity index (χ0n) is 11.7. The number of para-hydroxylation sites is 1. The fourth-order valence-corrected chi connectivity index (χ4v) is 2.44. The maximum atomic E-state index is 9.18. The normalized spacial score (nSPS) is 20.7. The molecule has 1 N–H and O–H groups in total. The summed E-state index contributed by atoms with van der Waals surface area (Å²) in [5, 5.41) is 9.18. The van der Waals surface area contributed by atoms with Gasteiger partial charge in [0.2, 0.25) is 0 Å². The minimum Gasteiger partial charge on any atom is -0.491 e. The second kappa shape index (κ2) is 6.89. The molecule has 1 fully saturated rings. The number of aliphatic hydroxyl groups is 1. The van der Waals surface area contributed by atoms with Gasteiger partial charge in [0.05, 0.1) is 32.0 Å². The summed E-state index contributed by atoms with van der Waals surface area (Å²) in [4.78, 5) is 2.26. The highest BCUT2D eigenvalue weighted by atomic mass is 16.5. The van der Waals surface area contributed by atoms with E-state index in [0.29, 0.717) is 13.2 Å². The molecule has 0 bridgehead atoms. The fourth-order valence-electron chi connectivity index (χ4n) is 2.44. The lowest BCUT2D eigenvalue weighted by atomic mass is 10.0. The molecule has 0 amide bonds. The second-order valence-corrected chi connectivity index (χ2v) is 5.05. The quantitative estimate of drug-likeness (QED) is 0.882. The molecule has 1 saturated heterocycles. The van der Waals surface area contributed by atoms with Gasteiger partial charge in [0, 0.05) is 18.7 Å². The number of nitrogens with zero attached hydrogens (tertiary/aromatic N) is 1. The molecule has 4 heteroatoms. The van der Waals surface area contributed by atoms with Gasteiger partial charge in [-0.15, -0.1) is 0 Å². The summed E-state index contributed by atoms with van der Waals surface area (Å²) < 4.78 is 11.5. The van der Waals surface area contributed by atoms with E-state index in [-0.39, 0.29) is 18.8 Å². The maximum Gasteiger partial charge on any atom is 0.124 e. The Morgan fingerprint density at radius 2 is 2.21 bits per heavy atom. The van der Waals surface area contributed by atoms with Crippen molar-refractivity contribution in [3.05, 3.63) is 29.8 Å². The van der Waals surface area contributed by atoms with Crippen molar-refractivity contribution in [1.82, 2.24) is 4.90 Å². The Kier molecular flexibility index (Phi) is 5.19. The van der Waals surface area contributed by atoms with Crippen LogP contribution in [0.3, 0.4) is 0 Å². The molecule has 1 heterocycles. The summed E-state index contributed by atoms with van der Waals surface area (Å²) in [6.45, 7) is 7.12. The van der Waals surface area contributed by atoms with Gasteiger partial charge in [-0.05, 0) is 19.9 Å². The molecule has 0 aromatic heterocycles. The third-order valence-electron chi connectivity index (χ3n) is 3.27. The minimum atomic E-state index is 0.150. The lowest BCUT2D eigenvalue weighted by Crippen LogP contribution is -2.41. The predicted octanol–water partition coefficient (Wildman–Crippen LogP) is 1.84. The fraction of sp³-hybridized carbons (Fsp3) is 0.600. The number of benzene rings is 1. The van der Waals surface area contributed by atoms with Crippen molar-refractivity contribution in [3.63, 3.8) is 0 Å². The number of hydrogen-bond donors (Lipinski definition) is 1. The van der Waals surface area contributed by atoms with E-state index in [0.717, 1.165) is 24.5 Å². The summed E-state index contributed by atoms with van der Waals surface area (Å²) >= 11 is 0. The van der Waals surface area contributed by atoms with E-state index in [9.17, 15) is 5.11 Å². The van der Waals surface area contributed by atoms with Crippen LogP contribution in [-0.4, -0.2) is 49.0 Å². The monoisotopic (exact) mass is 265 g/mol. The number of rotatable bonds is 5. The third-order valence-corrected chi connectivity index (χ3v) is 3.27. The molecule has 0 aliphatic carbocycles. The van der Waals surface area contributed by atoms with Gasteiger partial charge in [-0.3, -0.25) is 4.90 Å². The van der Waals surface area contributed by atoms with Crippen LogP contribution < -0.4 is 4.74 Å². The lowest BCUT2D eigenvalue weighted by Gasteiger charge is -2.36. The third kappa shape index (κ3) is 3.69. The molecule has 2 rings (SSSR count). The molecule has 4 nitrogen and oxygen atoms in total. The van der Waals surface area contributed by atoms with Crippen molar-refractivity contribution < 1.29 is 14.6 Å². The van der Waals surface area contributed by atoms with Gasteiger partial charge in [0.1, 0.15) is 5.75 Å². The molecule has 19 heavy (non-hydrogen) atoms. The Morgan fingerprint density at radius 1 is 1.42 bits per heavy atom. The van der Waals surface area contributed by atoms with Crippen LogP contribution >= 0.6 is 0 Å². The van der Waals surface area contributed by atoms with Gasteiger partial charge >= 0.3 is 0 Å². The average Bonchev–Trinajstić information content (AvgIpc) is 2.40. The van der Waals surface area contributed by atoms with E-state index in [1.165, 1.54) is 0 Å². The Bertz CT molecular complexity index is 393. The standard InChI is InChI=1S/C15H23NO3/c1-12(2)19-15-6-4-3-5-13(15)14-11-18-10-8-16(14)7-9-17/h3-6,12,14,17H,7-11H2,1-2H3. The highest BCUT2D eigenvalue weighted by Crippen LogP contribution is 2.31. The summed E-state index contributed by atoms with van der Waals surface area (Å²) in [5.41, 5.74) is 1.14. The molecule has 0 radical (unpaired) electrons. The highest BCUT2D eigenvalue weighted by Gasteiger charge is 2.26. The molecule has 1 aromatic rings. The largest absolute Gasteiger partial charge is 0.491 e. The number of hydrogen-bond acceptors (Lipinski definition) is 4. The van der Waals surface area contributed by atoms with E-state index < -0.39 is 0 Å². The SMILES string of the molecule is CC(C)Oc1ccccc1C1COCCN1CCO. The number of aliphatic hydroxyl groups excluding tert-OH is 1. The zero-order valence-corrected chi connectivity index (χ0v) is 11.7. The molecule has 1 unspecified atom stereocenters. The number of β-amino-alcohol motifs (C(OH)–C–C–N with tert-alkyl or cyclic N) is 1. The molecule has 1 atom stereocenters. The molecule has 0 spiro atoms. The van der Waals surface area contributed by atoms with Crippen LogP contribution in [0.4, 0.5) is 0 Å². The maximum absolute atomic E-state index is 9.18. The molecule has 1 aliphatic rings. The topological polar surface area (TPSA) is 41.9 Å². The van der Waals surface area contributed by atoms with E-state index in [1.54, 1.807) is 0 Å². The van der Waals surface area contributed by atoms with Gasteiger partial charge in [0.15, 0.2) is 0 Å². The van der Waals surface area contributed by atoms with E-state index in [4.69, 9.17) is 9.47 Å². The van der Waals surface area contributed by atoms with E-state index >= 15 is 0 Å². The van der Waals surface area contributed by atoms with Gasteiger partial charge < -0.3 is 14.6 Å². The van der Waals surface area contributed by atoms with Gasteiger partial charge in [-0.1, -0.05) is 18.2 Å². The lowest BCUT2D eigenvalue weighted by molar-refractivity contribution is -0.0157. The highest BCUT2D eigenvalue weighted by molar-refractivity contribution is 5.36. The first-order valence-electron chi connectivity index (χ1n) is 6.90. The second-order valence-electron chi connectivity index (χ2n) is 5.05. The molecule has 106 valence electrons. The first kappa shape index (κ1) is 14.3. The van der Waals surface area contributed by atoms with Crippen molar-refractivity contribution in [2.24, 2.45) is 0 Å². The number of morpholine rings is 1. The van der Waals surface area contributed by atoms with Crippen LogP contribution in [0.15, 0.2) is 24.3 Å². The van der Waals surface area contributed by atoms with Crippen LogP contribution in [0.5, 0.6) is 5.75 Å². The molecule has 0 saturated carbocycles. The van der Waals surface area contributed by atoms with Crippen molar-refractivity contribution in [2.75, 3.05) is 32.9 Å². The van der Waals surface area contributed by atoms with Crippen molar-refractivity contribution in [3.8, 4) is 5.75 Å². The van der Waals surface area contributed by atoms with Crippen molar-refractivity contribution in [2.45, 2.75) is 26.0 Å². The first-order valence-corrected chi connectivity index (χ1v) is 6.90. The van der Waals surface area contributed by atoms with Gasteiger partial charge in [-0.2, -0.15) is 0 Å². The van der Waals surface area contributed by atoms with Crippen LogP contribution in [0.25, 0.3) is 0 Å². The molecular formula is C15H23NO3. The molecule has 1 aromatic carbocycles. The van der Waals surface area contributed by atoms with E-state index in [1.807, 2.05) is 32.0 Å². The smallest absolute Gasteiger partial charge is 0.124 e. The Morgan fingerprint density at radius 3 is 2.95 bits per heavy atom. The van der Waals surface area contributed by atoms with Crippen LogP contribution in [-0.2, 0) is 4.74 Å². The number of ether oxygens (including phenoxy) is 2.